The quantitative estimate of drug-likeness (QED) is 0.766. The van der Waals surface area contributed by atoms with Gasteiger partial charge in [-0.3, -0.25) is 0 Å². The van der Waals surface area contributed by atoms with Crippen molar-refractivity contribution in [1.29, 1.82) is 0 Å². The first kappa shape index (κ1) is 15.1. The average Bonchev–Trinajstić information content (AvgIpc) is 2.34. The summed E-state index contributed by atoms with van der Waals surface area (Å²) in [5.74, 6) is 0.343. The fourth-order valence-electron chi connectivity index (χ4n) is 1.21. The summed E-state index contributed by atoms with van der Waals surface area (Å²) in [6, 6.07) is 5.43. The molecule has 1 rings (SSSR count). The fraction of sp³-hybridized carbons (Fsp3) is 0.364. The van der Waals surface area contributed by atoms with Crippen molar-refractivity contribution in [2.45, 2.75) is 6.18 Å². The number of hydrogen-bond acceptors (Lipinski definition) is 3. The van der Waals surface area contributed by atoms with Crippen molar-refractivity contribution < 1.29 is 22.7 Å². The van der Waals surface area contributed by atoms with E-state index in [4.69, 9.17) is 10.5 Å². The van der Waals surface area contributed by atoms with Crippen LogP contribution >= 0.6 is 0 Å². The van der Waals surface area contributed by atoms with E-state index in [0.29, 0.717) is 5.75 Å². The third-order valence-electron chi connectivity index (χ3n) is 1.96. The van der Waals surface area contributed by atoms with Gasteiger partial charge in [-0.25, -0.2) is 4.79 Å². The zero-order valence-electron chi connectivity index (χ0n) is 9.96. The third-order valence-corrected chi connectivity index (χ3v) is 1.96. The molecule has 0 aliphatic heterocycles. The summed E-state index contributed by atoms with van der Waals surface area (Å²) in [6.45, 7) is -0.873. The number of ether oxygens (including phenoxy) is 1. The first-order chi connectivity index (χ1) is 8.92. The number of benzene rings is 1. The van der Waals surface area contributed by atoms with Crippen LogP contribution in [0.3, 0.4) is 0 Å². The lowest BCUT2D eigenvalue weighted by Crippen LogP contribution is -2.36. The predicted octanol–water partition coefficient (Wildman–Crippen LogP) is 1.71. The van der Waals surface area contributed by atoms with Crippen LogP contribution in [0.15, 0.2) is 24.3 Å². The van der Waals surface area contributed by atoms with Crippen molar-refractivity contribution in [3.05, 3.63) is 24.3 Å². The molecule has 0 saturated carbocycles. The van der Waals surface area contributed by atoms with E-state index in [1.807, 2.05) is 0 Å². The van der Waals surface area contributed by atoms with Gasteiger partial charge in [0.05, 0.1) is 5.69 Å². The summed E-state index contributed by atoms with van der Waals surface area (Å²) in [6.07, 6.45) is -4.45. The van der Waals surface area contributed by atoms with Crippen LogP contribution in [0.25, 0.3) is 0 Å². The highest BCUT2D eigenvalue weighted by atomic mass is 19.4. The first-order valence-corrected chi connectivity index (χ1v) is 5.46. The molecular weight excluding hydrogens is 263 g/mol. The molecule has 4 N–H and O–H groups in total. The normalized spacial score (nSPS) is 10.9. The summed E-state index contributed by atoms with van der Waals surface area (Å²) in [7, 11) is 0. The van der Waals surface area contributed by atoms with Crippen LogP contribution in [0.5, 0.6) is 5.75 Å². The molecule has 5 nitrogen and oxygen atoms in total. The van der Waals surface area contributed by atoms with Gasteiger partial charge < -0.3 is 21.1 Å². The van der Waals surface area contributed by atoms with Crippen LogP contribution in [0.2, 0.25) is 0 Å². The molecule has 1 aromatic carbocycles. The molecule has 0 aromatic heterocycles. The van der Waals surface area contributed by atoms with E-state index >= 15 is 0 Å². The van der Waals surface area contributed by atoms with E-state index in [2.05, 4.69) is 5.32 Å². The Hall–Kier alpha value is -1.96. The summed E-state index contributed by atoms with van der Waals surface area (Å²) >= 11 is 0. The molecule has 0 fully saturated rings. The van der Waals surface area contributed by atoms with Crippen molar-refractivity contribution in [2.75, 3.05) is 25.0 Å². The highest BCUT2D eigenvalue weighted by Crippen LogP contribution is 2.23. The maximum atomic E-state index is 11.9. The second-order valence-corrected chi connectivity index (χ2v) is 3.56. The molecule has 0 atom stereocenters. The Morgan fingerprint density at radius 3 is 2.63 bits per heavy atom. The smallest absolute Gasteiger partial charge is 0.405 e. The molecule has 1 aromatic rings. The van der Waals surface area contributed by atoms with Gasteiger partial charge >= 0.3 is 12.2 Å². The molecule has 8 heteroatoms. The minimum absolute atomic E-state index is 0.239. The van der Waals surface area contributed by atoms with Crippen LogP contribution in [-0.4, -0.2) is 31.9 Å². The number of nitrogens with one attached hydrogen (secondary N) is 2. The second-order valence-electron chi connectivity index (χ2n) is 3.56. The lowest BCUT2D eigenvalue weighted by molar-refractivity contribution is -0.122. The Morgan fingerprint density at radius 1 is 1.32 bits per heavy atom. The standard InChI is InChI=1S/C11H14F3N3O2/c12-11(13,14)7-16-10(18)17-8-3-1-2-4-9(8)19-6-5-15/h1-4H,5-7,15H2,(H2,16,17,18). The van der Waals surface area contributed by atoms with Gasteiger partial charge in [0.25, 0.3) is 0 Å². The lowest BCUT2D eigenvalue weighted by atomic mass is 10.3. The van der Waals surface area contributed by atoms with E-state index in [9.17, 15) is 18.0 Å². The topological polar surface area (TPSA) is 76.4 Å². The second kappa shape index (κ2) is 6.83. The van der Waals surface area contributed by atoms with Crippen molar-refractivity contribution in [3.63, 3.8) is 0 Å². The van der Waals surface area contributed by atoms with E-state index in [-0.39, 0.29) is 18.8 Å². The minimum Gasteiger partial charge on any atom is -0.490 e. The largest absolute Gasteiger partial charge is 0.490 e. The molecule has 0 bridgehead atoms. The van der Waals surface area contributed by atoms with Crippen LogP contribution in [0.1, 0.15) is 0 Å². The zero-order valence-corrected chi connectivity index (χ0v) is 9.96. The maximum Gasteiger partial charge on any atom is 0.405 e. The molecule has 0 aliphatic rings. The Bertz CT molecular complexity index is 424. The number of para-hydroxylation sites is 2. The highest BCUT2D eigenvalue weighted by Gasteiger charge is 2.27. The van der Waals surface area contributed by atoms with Gasteiger partial charge in [0.2, 0.25) is 0 Å². The number of anilines is 1. The van der Waals surface area contributed by atoms with Crippen molar-refractivity contribution >= 4 is 11.7 Å². The maximum absolute atomic E-state index is 11.9. The number of carbonyl (C=O) groups excluding carboxylic acids is 1. The van der Waals surface area contributed by atoms with Gasteiger partial charge in [-0.05, 0) is 12.1 Å². The molecule has 106 valence electrons. The van der Waals surface area contributed by atoms with E-state index in [1.54, 1.807) is 23.5 Å². The molecule has 19 heavy (non-hydrogen) atoms. The molecule has 2 amide bonds. The molecular formula is C11H14F3N3O2. The SMILES string of the molecule is NCCOc1ccccc1NC(=O)NCC(F)(F)F. The van der Waals surface area contributed by atoms with Crippen LogP contribution in [0, 0.1) is 0 Å². The number of urea groups is 1. The highest BCUT2D eigenvalue weighted by molar-refractivity contribution is 5.90. The summed E-state index contributed by atoms with van der Waals surface area (Å²) in [5.41, 5.74) is 5.55. The Kier molecular flexibility index (Phi) is 5.43. The fourth-order valence-corrected chi connectivity index (χ4v) is 1.21. The summed E-state index contributed by atoms with van der Waals surface area (Å²) in [5, 5.41) is 3.98. The summed E-state index contributed by atoms with van der Waals surface area (Å²) in [4.78, 5) is 11.3. The van der Waals surface area contributed by atoms with Gasteiger partial charge in [-0.2, -0.15) is 13.2 Å². The summed E-state index contributed by atoms with van der Waals surface area (Å²) < 4.78 is 41.0. The molecule has 0 unspecified atom stereocenters. The van der Waals surface area contributed by atoms with E-state index in [1.165, 1.54) is 6.07 Å². The lowest BCUT2D eigenvalue weighted by Gasteiger charge is -2.13. The average molecular weight is 277 g/mol. The van der Waals surface area contributed by atoms with Crippen LogP contribution < -0.4 is 21.1 Å². The monoisotopic (exact) mass is 277 g/mol. The number of amides is 2. The molecule has 0 spiro atoms. The van der Waals surface area contributed by atoms with Crippen LogP contribution in [0.4, 0.5) is 23.7 Å². The number of alkyl halides is 3. The number of rotatable bonds is 5. The van der Waals surface area contributed by atoms with Crippen molar-refractivity contribution in [2.24, 2.45) is 5.73 Å². The van der Waals surface area contributed by atoms with Crippen LogP contribution in [-0.2, 0) is 0 Å². The number of carbonyl (C=O) groups is 1. The third kappa shape index (κ3) is 5.96. The Labute approximate surface area is 107 Å². The number of nitrogens with two attached hydrogens (primary N) is 1. The Morgan fingerprint density at radius 2 is 2.00 bits per heavy atom. The van der Waals surface area contributed by atoms with Crippen molar-refractivity contribution in [1.82, 2.24) is 5.32 Å². The minimum atomic E-state index is -4.45. The molecule has 0 heterocycles. The van der Waals surface area contributed by atoms with E-state index in [0.717, 1.165) is 0 Å². The van der Waals surface area contributed by atoms with Gasteiger partial charge in [0, 0.05) is 6.54 Å². The Balaban J connectivity index is 2.58. The van der Waals surface area contributed by atoms with E-state index < -0.39 is 18.8 Å². The molecule has 0 radical (unpaired) electrons. The number of halogens is 3. The molecule has 0 aliphatic carbocycles. The zero-order chi connectivity index (χ0) is 14.3. The number of hydrogen-bond donors (Lipinski definition) is 3. The van der Waals surface area contributed by atoms with Gasteiger partial charge in [0.15, 0.2) is 0 Å². The van der Waals surface area contributed by atoms with Gasteiger partial charge in [-0.15, -0.1) is 0 Å². The molecule has 0 saturated heterocycles. The predicted molar refractivity (Wildman–Crippen MR) is 64.1 cm³/mol. The van der Waals surface area contributed by atoms with Crippen molar-refractivity contribution in [3.8, 4) is 5.75 Å². The van der Waals surface area contributed by atoms with Gasteiger partial charge in [0.1, 0.15) is 18.9 Å². The van der Waals surface area contributed by atoms with Gasteiger partial charge in [-0.1, -0.05) is 12.1 Å². The first-order valence-electron chi connectivity index (χ1n) is 5.46.